The first-order valence-corrected chi connectivity index (χ1v) is 4.77. The summed E-state index contributed by atoms with van der Waals surface area (Å²) >= 11 is 0. The van der Waals surface area contributed by atoms with Gasteiger partial charge in [0.25, 0.3) is 0 Å². The summed E-state index contributed by atoms with van der Waals surface area (Å²) in [4.78, 5) is 0. The van der Waals surface area contributed by atoms with Crippen LogP contribution in [0.1, 0.15) is 6.92 Å². The molecule has 0 saturated heterocycles. The summed E-state index contributed by atoms with van der Waals surface area (Å²) in [5.74, 6) is 0. The Labute approximate surface area is 63.2 Å². The molecule has 46 valence electrons. The van der Waals surface area contributed by atoms with Gasteiger partial charge in [0.15, 0.2) is 7.37 Å². The van der Waals surface area contributed by atoms with Gasteiger partial charge in [-0.2, -0.15) is 0 Å². The second kappa shape index (κ2) is 4.67. The van der Waals surface area contributed by atoms with Crippen LogP contribution < -0.4 is 0 Å². The molecule has 0 amide bonds. The Morgan fingerprint density at radius 1 is 1.50 bits per heavy atom. The first kappa shape index (κ1) is 11.6. The topological polar surface area (TPSA) is 26.3 Å². The van der Waals surface area contributed by atoms with E-state index in [1.807, 2.05) is 6.92 Å². The Hall–Kier alpha value is 0.813. The van der Waals surface area contributed by atoms with E-state index in [-0.39, 0.29) is 19.5 Å². The molecule has 0 saturated carbocycles. The van der Waals surface area contributed by atoms with Crippen LogP contribution in [0.4, 0.5) is 0 Å². The fourth-order valence-corrected chi connectivity index (χ4v) is 0.933. The molecule has 0 radical (unpaired) electrons. The monoisotopic (exact) mass is 186 g/mol. The molecule has 0 aliphatic heterocycles. The molecule has 8 heavy (non-hydrogen) atoms. The minimum atomic E-state index is -2.17. The molecular weight excluding hydrogens is 176 g/mol. The Kier molecular flexibility index (Phi) is 6.77. The van der Waals surface area contributed by atoms with Crippen molar-refractivity contribution in [3.05, 3.63) is 0 Å². The fourth-order valence-electron chi connectivity index (χ4n) is 0.311. The van der Waals surface area contributed by atoms with Gasteiger partial charge in [0, 0.05) is 32.8 Å². The van der Waals surface area contributed by atoms with Crippen molar-refractivity contribution in [1.29, 1.82) is 0 Å². The van der Waals surface area contributed by atoms with E-state index in [0.717, 1.165) is 0 Å². The summed E-state index contributed by atoms with van der Waals surface area (Å²) in [6.07, 6.45) is 0. The minimum absolute atomic E-state index is 0. The molecule has 4 heteroatoms. The normalized spacial score (nSPS) is 10.4. The van der Waals surface area contributed by atoms with Crippen molar-refractivity contribution in [2.45, 2.75) is 6.92 Å². The van der Waals surface area contributed by atoms with Gasteiger partial charge in [-0.3, -0.25) is 4.57 Å². The molecule has 0 heterocycles. The van der Waals surface area contributed by atoms with Crippen LogP contribution in [0.2, 0.25) is 0 Å². The van der Waals surface area contributed by atoms with Crippen molar-refractivity contribution in [2.75, 3.05) is 19.9 Å². The zero-order valence-corrected chi connectivity index (χ0v) is 9.54. The second-order valence-electron chi connectivity index (χ2n) is 1.67. The molecule has 0 fully saturated rings. The molecule has 0 bridgehead atoms. The Morgan fingerprint density at radius 3 is 1.88 bits per heavy atom. The predicted octanol–water partition coefficient (Wildman–Crippen LogP) is 1.56. The van der Waals surface area contributed by atoms with E-state index in [4.69, 9.17) is 4.52 Å². The minimum Gasteiger partial charge on any atom is -0.329 e. The summed E-state index contributed by atoms with van der Waals surface area (Å²) in [5.41, 5.74) is 0. The molecule has 0 aromatic rings. The van der Waals surface area contributed by atoms with Crippen molar-refractivity contribution in [3.8, 4) is 0 Å². The van der Waals surface area contributed by atoms with E-state index in [1.165, 1.54) is 0 Å². The predicted molar refractivity (Wildman–Crippen MR) is 31.1 cm³/mol. The van der Waals surface area contributed by atoms with Crippen LogP contribution in [-0.4, -0.2) is 19.9 Å². The summed E-state index contributed by atoms with van der Waals surface area (Å²) in [5, 5.41) is 0. The van der Waals surface area contributed by atoms with Gasteiger partial charge in [-0.1, -0.05) is 0 Å². The summed E-state index contributed by atoms with van der Waals surface area (Å²) < 4.78 is 15.4. The molecule has 2 nitrogen and oxygen atoms in total. The first-order chi connectivity index (χ1) is 3.06. The van der Waals surface area contributed by atoms with Crippen LogP contribution in [-0.2, 0) is 28.6 Å². The van der Waals surface area contributed by atoms with E-state index >= 15 is 0 Å². The largest absolute Gasteiger partial charge is 0.329 e. The van der Waals surface area contributed by atoms with Crippen molar-refractivity contribution >= 4 is 7.37 Å². The van der Waals surface area contributed by atoms with Gasteiger partial charge in [-0.25, -0.2) is 0 Å². The first-order valence-electron chi connectivity index (χ1n) is 2.26. The van der Waals surface area contributed by atoms with E-state index in [9.17, 15) is 4.57 Å². The zero-order chi connectivity index (χ0) is 5.91. The van der Waals surface area contributed by atoms with Gasteiger partial charge in [-0.15, -0.1) is 0 Å². The summed E-state index contributed by atoms with van der Waals surface area (Å²) in [6.45, 7) is 5.59. The SMILES string of the molecule is CCOP(C)(C)=O.[Zn]. The molecule has 0 spiro atoms. The number of hydrogen-bond donors (Lipinski definition) is 0. The average molecular weight is 187 g/mol. The Morgan fingerprint density at radius 2 is 1.88 bits per heavy atom. The van der Waals surface area contributed by atoms with Gasteiger partial charge in [0.05, 0.1) is 6.61 Å². The second-order valence-corrected chi connectivity index (χ2v) is 4.43. The molecule has 0 atom stereocenters. The van der Waals surface area contributed by atoms with Crippen LogP contribution in [0.15, 0.2) is 0 Å². The molecule has 0 aromatic heterocycles. The van der Waals surface area contributed by atoms with E-state index < -0.39 is 7.37 Å². The van der Waals surface area contributed by atoms with Crippen LogP contribution in [0.5, 0.6) is 0 Å². The third-order valence-electron chi connectivity index (χ3n) is 0.440. The van der Waals surface area contributed by atoms with Crippen LogP contribution >= 0.6 is 7.37 Å². The van der Waals surface area contributed by atoms with Crippen molar-refractivity contribution in [2.24, 2.45) is 0 Å². The van der Waals surface area contributed by atoms with Gasteiger partial charge >= 0.3 is 0 Å². The standard InChI is InChI=1S/C4H11O2P.Zn/c1-4-6-7(2,3)5;/h4H2,1-3H3;. The molecule has 0 unspecified atom stereocenters. The summed E-state index contributed by atoms with van der Waals surface area (Å²) in [6, 6.07) is 0. The maximum absolute atomic E-state index is 10.6. The molecule has 0 aliphatic carbocycles. The Balaban J connectivity index is 0. The van der Waals surface area contributed by atoms with Crippen LogP contribution in [0.3, 0.4) is 0 Å². The van der Waals surface area contributed by atoms with Crippen LogP contribution in [0.25, 0.3) is 0 Å². The van der Waals surface area contributed by atoms with E-state index in [2.05, 4.69) is 0 Å². The summed E-state index contributed by atoms with van der Waals surface area (Å²) in [7, 11) is -2.17. The maximum atomic E-state index is 10.6. The molecule has 0 N–H and O–H groups in total. The Bertz CT molecular complexity index is 88.0. The average Bonchev–Trinajstić information content (AvgIpc) is 1.30. The maximum Gasteiger partial charge on any atom is 0.197 e. The van der Waals surface area contributed by atoms with Gasteiger partial charge < -0.3 is 4.52 Å². The van der Waals surface area contributed by atoms with Crippen molar-refractivity contribution in [3.63, 3.8) is 0 Å². The zero-order valence-electron chi connectivity index (χ0n) is 5.68. The fraction of sp³-hybridized carbons (Fsp3) is 1.00. The smallest absolute Gasteiger partial charge is 0.197 e. The van der Waals surface area contributed by atoms with Gasteiger partial charge in [-0.05, 0) is 6.92 Å². The third-order valence-corrected chi connectivity index (χ3v) is 1.32. The van der Waals surface area contributed by atoms with Crippen LogP contribution in [0, 0.1) is 0 Å². The number of hydrogen-bond acceptors (Lipinski definition) is 2. The quantitative estimate of drug-likeness (QED) is 0.484. The number of rotatable bonds is 2. The van der Waals surface area contributed by atoms with E-state index in [0.29, 0.717) is 6.61 Å². The molecule has 0 aromatic carbocycles. The van der Waals surface area contributed by atoms with E-state index in [1.54, 1.807) is 13.3 Å². The molecule has 0 aliphatic rings. The van der Waals surface area contributed by atoms with Gasteiger partial charge in [0.2, 0.25) is 0 Å². The molecular formula is C4H11O2PZn. The van der Waals surface area contributed by atoms with Crippen molar-refractivity contribution in [1.82, 2.24) is 0 Å². The third kappa shape index (κ3) is 9.94. The van der Waals surface area contributed by atoms with Crippen molar-refractivity contribution < 1.29 is 28.6 Å². The van der Waals surface area contributed by atoms with Gasteiger partial charge in [0.1, 0.15) is 0 Å². The molecule has 0 rings (SSSR count).